The van der Waals surface area contributed by atoms with Crippen LogP contribution in [0.1, 0.15) is 46.0 Å². The molecule has 0 aromatic rings. The maximum Gasteiger partial charge on any atom is 0.310 e. The predicted octanol–water partition coefficient (Wildman–Crippen LogP) is 0.744. The van der Waals surface area contributed by atoms with Crippen molar-refractivity contribution >= 4 is 17.8 Å². The van der Waals surface area contributed by atoms with E-state index in [9.17, 15) is 19.5 Å². The van der Waals surface area contributed by atoms with Gasteiger partial charge in [-0.1, -0.05) is 13.8 Å². The van der Waals surface area contributed by atoms with Crippen LogP contribution in [0.2, 0.25) is 0 Å². The summed E-state index contributed by atoms with van der Waals surface area (Å²) in [5.74, 6) is -1.76. The Hall–Kier alpha value is -1.59. The first-order valence-corrected chi connectivity index (χ1v) is 6.70. The normalized spacial score (nSPS) is 19.5. The highest BCUT2D eigenvalue weighted by atomic mass is 16.4. The summed E-state index contributed by atoms with van der Waals surface area (Å²) in [6, 6.07) is -0.576. The molecule has 1 saturated heterocycles. The van der Waals surface area contributed by atoms with Gasteiger partial charge >= 0.3 is 5.97 Å². The van der Waals surface area contributed by atoms with Gasteiger partial charge in [0.2, 0.25) is 11.8 Å². The third-order valence-corrected chi connectivity index (χ3v) is 4.20. The lowest BCUT2D eigenvalue weighted by Gasteiger charge is -2.30. The van der Waals surface area contributed by atoms with E-state index in [0.29, 0.717) is 25.8 Å². The molecule has 1 aliphatic heterocycles. The molecule has 108 valence electrons. The fourth-order valence-corrected chi connectivity index (χ4v) is 2.63. The lowest BCUT2D eigenvalue weighted by Crippen LogP contribution is -2.46. The Morgan fingerprint density at radius 1 is 1.32 bits per heavy atom. The number of primary amides is 1. The summed E-state index contributed by atoms with van der Waals surface area (Å²) in [6.45, 7) is 4.01. The van der Waals surface area contributed by atoms with E-state index < -0.39 is 23.3 Å². The summed E-state index contributed by atoms with van der Waals surface area (Å²) < 4.78 is 0. The number of hydrogen-bond donors (Lipinski definition) is 2. The molecule has 0 aromatic carbocycles. The van der Waals surface area contributed by atoms with Gasteiger partial charge in [-0.25, -0.2) is 0 Å². The van der Waals surface area contributed by atoms with Gasteiger partial charge in [0.15, 0.2) is 0 Å². The number of carbonyl (C=O) groups excluding carboxylic acids is 2. The lowest BCUT2D eigenvalue weighted by atomic mass is 9.79. The zero-order valence-corrected chi connectivity index (χ0v) is 11.5. The van der Waals surface area contributed by atoms with Crippen molar-refractivity contribution in [3.8, 4) is 0 Å². The summed E-state index contributed by atoms with van der Waals surface area (Å²) in [5, 5.41) is 9.33. The minimum Gasteiger partial charge on any atom is -0.481 e. The van der Waals surface area contributed by atoms with Crippen molar-refractivity contribution in [1.82, 2.24) is 4.90 Å². The molecule has 0 aliphatic carbocycles. The topological polar surface area (TPSA) is 101 Å². The van der Waals surface area contributed by atoms with Gasteiger partial charge in [0.05, 0.1) is 5.41 Å². The number of likely N-dealkylation sites (tertiary alicyclic amines) is 1. The Kier molecular flexibility index (Phi) is 4.91. The van der Waals surface area contributed by atoms with E-state index in [1.54, 1.807) is 13.8 Å². The fourth-order valence-electron chi connectivity index (χ4n) is 2.63. The van der Waals surface area contributed by atoms with Crippen LogP contribution in [0.15, 0.2) is 0 Å². The summed E-state index contributed by atoms with van der Waals surface area (Å²) in [4.78, 5) is 36.3. The Labute approximate surface area is 112 Å². The van der Waals surface area contributed by atoms with Crippen LogP contribution in [-0.2, 0) is 14.4 Å². The molecule has 1 heterocycles. The van der Waals surface area contributed by atoms with Crippen molar-refractivity contribution in [3.63, 3.8) is 0 Å². The van der Waals surface area contributed by atoms with Crippen LogP contribution in [0, 0.1) is 5.41 Å². The van der Waals surface area contributed by atoms with E-state index >= 15 is 0 Å². The molecule has 0 radical (unpaired) electrons. The highest BCUT2D eigenvalue weighted by Crippen LogP contribution is 2.33. The minimum absolute atomic E-state index is 0.0703. The van der Waals surface area contributed by atoms with Gasteiger partial charge in [0.25, 0.3) is 0 Å². The number of hydrogen-bond acceptors (Lipinski definition) is 3. The van der Waals surface area contributed by atoms with Gasteiger partial charge in [-0.15, -0.1) is 0 Å². The summed E-state index contributed by atoms with van der Waals surface area (Å²) in [5.41, 5.74) is 4.23. The van der Waals surface area contributed by atoms with Crippen LogP contribution < -0.4 is 5.73 Å². The standard InChI is InChI=1S/C13H22N2O4/c1-3-13(4-2,12(18)19)8-10(16)15-7-5-6-9(15)11(14)17/h9H,3-8H2,1-2H3,(H2,14,17)(H,18,19). The van der Waals surface area contributed by atoms with Gasteiger partial charge in [-0.05, 0) is 25.7 Å². The zero-order valence-electron chi connectivity index (χ0n) is 11.5. The Balaban J connectivity index is 2.83. The molecule has 6 nitrogen and oxygen atoms in total. The van der Waals surface area contributed by atoms with Gasteiger partial charge in [-0.3, -0.25) is 14.4 Å². The van der Waals surface area contributed by atoms with E-state index in [2.05, 4.69) is 0 Å². The monoisotopic (exact) mass is 270 g/mol. The summed E-state index contributed by atoms with van der Waals surface area (Å²) in [6.07, 6.45) is 2.01. The molecule has 1 unspecified atom stereocenters. The van der Waals surface area contributed by atoms with E-state index in [0.717, 1.165) is 6.42 Å². The number of carboxylic acids is 1. The van der Waals surface area contributed by atoms with E-state index in [1.807, 2.05) is 0 Å². The molecule has 1 fully saturated rings. The molecule has 1 atom stereocenters. The lowest BCUT2D eigenvalue weighted by molar-refractivity contribution is -0.154. The molecule has 1 rings (SSSR count). The van der Waals surface area contributed by atoms with Gasteiger partial charge in [0.1, 0.15) is 6.04 Å². The van der Waals surface area contributed by atoms with Crippen molar-refractivity contribution < 1.29 is 19.5 Å². The SMILES string of the molecule is CCC(CC)(CC(=O)N1CCCC1C(N)=O)C(=O)O. The summed E-state index contributed by atoms with van der Waals surface area (Å²) >= 11 is 0. The number of carbonyl (C=O) groups is 3. The highest BCUT2D eigenvalue weighted by Gasteiger charge is 2.41. The van der Waals surface area contributed by atoms with Crippen molar-refractivity contribution in [2.45, 2.75) is 52.0 Å². The second-order valence-corrected chi connectivity index (χ2v) is 5.12. The van der Waals surface area contributed by atoms with Crippen LogP contribution in [0.3, 0.4) is 0 Å². The molecule has 0 saturated carbocycles. The van der Waals surface area contributed by atoms with E-state index in [-0.39, 0.29) is 12.3 Å². The molecule has 1 aliphatic rings. The van der Waals surface area contributed by atoms with Crippen LogP contribution >= 0.6 is 0 Å². The number of amides is 2. The van der Waals surface area contributed by atoms with Gasteiger partial charge in [0, 0.05) is 13.0 Å². The smallest absolute Gasteiger partial charge is 0.310 e. The van der Waals surface area contributed by atoms with Crippen molar-refractivity contribution in [1.29, 1.82) is 0 Å². The molecule has 19 heavy (non-hydrogen) atoms. The van der Waals surface area contributed by atoms with Crippen molar-refractivity contribution in [3.05, 3.63) is 0 Å². The van der Waals surface area contributed by atoms with Crippen LogP contribution in [0.5, 0.6) is 0 Å². The number of aliphatic carboxylic acids is 1. The summed E-state index contributed by atoms with van der Waals surface area (Å²) in [7, 11) is 0. The number of nitrogens with zero attached hydrogens (tertiary/aromatic N) is 1. The molecule has 0 aromatic heterocycles. The third-order valence-electron chi connectivity index (χ3n) is 4.20. The fraction of sp³-hybridized carbons (Fsp3) is 0.769. The zero-order chi connectivity index (χ0) is 14.6. The van der Waals surface area contributed by atoms with Gasteiger partial charge in [-0.2, -0.15) is 0 Å². The van der Waals surface area contributed by atoms with Crippen LogP contribution in [0.25, 0.3) is 0 Å². The maximum atomic E-state index is 12.3. The van der Waals surface area contributed by atoms with Crippen molar-refractivity contribution in [2.75, 3.05) is 6.54 Å². The Bertz CT molecular complexity index is 377. The van der Waals surface area contributed by atoms with E-state index in [1.165, 1.54) is 4.90 Å². The molecular formula is C13H22N2O4. The molecule has 0 bridgehead atoms. The first-order valence-electron chi connectivity index (χ1n) is 6.70. The van der Waals surface area contributed by atoms with E-state index in [4.69, 9.17) is 5.73 Å². The number of carboxylic acid groups (broad SMARTS) is 1. The molecule has 3 N–H and O–H groups in total. The molecular weight excluding hydrogens is 248 g/mol. The average molecular weight is 270 g/mol. The first-order chi connectivity index (χ1) is 8.88. The second kappa shape index (κ2) is 6.04. The molecule has 6 heteroatoms. The van der Waals surface area contributed by atoms with Gasteiger partial charge < -0.3 is 15.7 Å². The van der Waals surface area contributed by atoms with Crippen molar-refractivity contribution in [2.24, 2.45) is 11.1 Å². The highest BCUT2D eigenvalue weighted by molar-refractivity contribution is 5.90. The third kappa shape index (κ3) is 3.05. The maximum absolute atomic E-state index is 12.3. The molecule has 0 spiro atoms. The average Bonchev–Trinajstić information content (AvgIpc) is 2.84. The minimum atomic E-state index is -1.04. The predicted molar refractivity (Wildman–Crippen MR) is 69.2 cm³/mol. The Morgan fingerprint density at radius 3 is 2.32 bits per heavy atom. The Morgan fingerprint density at radius 2 is 1.89 bits per heavy atom. The van der Waals surface area contributed by atoms with Crippen LogP contribution in [0.4, 0.5) is 0 Å². The second-order valence-electron chi connectivity index (χ2n) is 5.12. The molecule has 2 amide bonds. The quantitative estimate of drug-likeness (QED) is 0.743. The number of rotatable bonds is 6. The largest absolute Gasteiger partial charge is 0.481 e. The number of nitrogens with two attached hydrogens (primary N) is 1. The first kappa shape index (κ1) is 15.5. The van der Waals surface area contributed by atoms with Crippen LogP contribution in [-0.4, -0.2) is 40.4 Å².